The third-order valence-corrected chi connectivity index (χ3v) is 13.8. The lowest BCUT2D eigenvalue weighted by molar-refractivity contribution is 0.0940. The summed E-state index contributed by atoms with van der Waals surface area (Å²) in [5.74, 6) is -0.220. The molecule has 8 aromatic rings. The maximum absolute atomic E-state index is 13.6. The highest BCUT2D eigenvalue weighted by molar-refractivity contribution is 6.00. The van der Waals surface area contributed by atoms with Crippen molar-refractivity contribution in [1.29, 1.82) is 0 Å². The Labute approximate surface area is 411 Å². The smallest absolute Gasteiger partial charge is 0.251 e. The molecular weight excluding hydrogens is 867 g/mol. The van der Waals surface area contributed by atoms with E-state index in [9.17, 15) is 9.59 Å². The fourth-order valence-corrected chi connectivity index (χ4v) is 9.88. The maximum atomic E-state index is 13.6. The van der Waals surface area contributed by atoms with Crippen molar-refractivity contribution in [1.82, 2.24) is 45.3 Å². The topological polar surface area (TPSA) is 119 Å². The SMILES string of the molecule is CCN1CCN(CCCNC(=O)c2ccc3nc(-c4cccc(-c5ccccc5-c5nc6cc(C(=O)NCCN7CCCCCC7)ccc6nc5-c5ccccc5)c4)c(-c4ccccc4)nc3c2)CC1. The number of nitrogens with one attached hydrogen (secondary N) is 2. The number of hydrogen-bond acceptors (Lipinski definition) is 9. The van der Waals surface area contributed by atoms with E-state index in [2.05, 4.69) is 80.8 Å². The van der Waals surface area contributed by atoms with Gasteiger partial charge in [0.1, 0.15) is 0 Å². The van der Waals surface area contributed by atoms with Crippen molar-refractivity contribution in [2.45, 2.75) is 39.0 Å². The molecule has 0 saturated carbocycles. The highest BCUT2D eigenvalue weighted by atomic mass is 16.2. The molecule has 0 radical (unpaired) electrons. The van der Waals surface area contributed by atoms with E-state index in [0.717, 1.165) is 121 Å². The zero-order valence-electron chi connectivity index (χ0n) is 40.1. The quantitative estimate of drug-likeness (QED) is 0.0969. The van der Waals surface area contributed by atoms with Gasteiger partial charge in [-0.2, -0.15) is 0 Å². The summed E-state index contributed by atoms with van der Waals surface area (Å²) in [6, 6.07) is 48.2. The Kier molecular flexibility index (Phi) is 14.7. The Bertz CT molecular complexity index is 3090. The van der Waals surface area contributed by atoms with Gasteiger partial charge in [0, 0.05) is 79.2 Å². The number of fused-ring (bicyclic) bond motifs is 2. The first-order chi connectivity index (χ1) is 34.5. The Balaban J connectivity index is 0.952. The Morgan fingerprint density at radius 2 is 0.914 bits per heavy atom. The van der Waals surface area contributed by atoms with Crippen LogP contribution in [0.1, 0.15) is 59.7 Å². The summed E-state index contributed by atoms with van der Waals surface area (Å²) < 4.78 is 0. The van der Waals surface area contributed by atoms with E-state index >= 15 is 0 Å². The lowest BCUT2D eigenvalue weighted by Gasteiger charge is -2.33. The molecule has 0 bridgehead atoms. The molecule has 10 rings (SSSR count). The Hall–Kier alpha value is -7.18. The number of hydrogen-bond donors (Lipinski definition) is 2. The van der Waals surface area contributed by atoms with Crippen molar-refractivity contribution in [2.75, 3.05) is 72.0 Å². The van der Waals surface area contributed by atoms with Crippen LogP contribution in [0.15, 0.2) is 146 Å². The van der Waals surface area contributed by atoms with Crippen LogP contribution >= 0.6 is 0 Å². The first-order valence-electron chi connectivity index (χ1n) is 25.2. The minimum absolute atomic E-state index is 0.109. The molecule has 354 valence electrons. The fourth-order valence-electron chi connectivity index (χ4n) is 9.88. The van der Waals surface area contributed by atoms with Crippen LogP contribution in [0.3, 0.4) is 0 Å². The zero-order valence-corrected chi connectivity index (χ0v) is 40.1. The molecule has 0 atom stereocenters. The van der Waals surface area contributed by atoms with Gasteiger partial charge in [0.2, 0.25) is 0 Å². The molecular formula is C59H61N9O2. The van der Waals surface area contributed by atoms with Crippen LogP contribution in [0.25, 0.3) is 78.2 Å². The summed E-state index contributed by atoms with van der Waals surface area (Å²) in [4.78, 5) is 55.5. The number of aromatic nitrogens is 4. The van der Waals surface area contributed by atoms with Gasteiger partial charge < -0.3 is 25.3 Å². The number of likely N-dealkylation sites (tertiary alicyclic amines) is 1. The van der Waals surface area contributed by atoms with E-state index in [4.69, 9.17) is 19.9 Å². The number of nitrogens with zero attached hydrogens (tertiary/aromatic N) is 7. The molecule has 2 aliphatic rings. The second-order valence-corrected chi connectivity index (χ2v) is 18.5. The first kappa shape index (κ1) is 46.5. The molecule has 2 saturated heterocycles. The number of carbonyl (C=O) groups excluding carboxylic acids is 2. The van der Waals surface area contributed by atoms with Gasteiger partial charge in [-0.25, -0.2) is 19.9 Å². The summed E-state index contributed by atoms with van der Waals surface area (Å²) in [7, 11) is 0. The third kappa shape index (κ3) is 10.8. The molecule has 70 heavy (non-hydrogen) atoms. The standard InChI is InChI=1S/C59H61N9O2/c1-2-66-35-37-68(38-36-66)33-16-29-60-58(69)46-25-27-50-52(40-46)64-54(42-17-7-5-8-18-42)56(63-50)45-22-15-21-44(39-45)48-23-11-12-24-49(48)57-55(43-19-9-6-10-20-43)62-51-28-26-47(41-53(51)65-57)59(70)61-30-34-67-31-13-3-4-14-32-67/h5-12,15,17-28,39-41H,2-4,13-14,16,29-38H2,1H3,(H,60,69)(H,61,70). The normalized spacial score (nSPS) is 14.9. The van der Waals surface area contributed by atoms with Crippen molar-refractivity contribution in [2.24, 2.45) is 0 Å². The molecule has 0 spiro atoms. The highest BCUT2D eigenvalue weighted by Crippen LogP contribution is 2.39. The largest absolute Gasteiger partial charge is 0.352 e. The molecule has 6 aromatic carbocycles. The van der Waals surface area contributed by atoms with Gasteiger partial charge in [-0.1, -0.05) is 123 Å². The average molecular weight is 928 g/mol. The zero-order chi connectivity index (χ0) is 47.7. The molecule has 4 heterocycles. The van der Waals surface area contributed by atoms with Gasteiger partial charge >= 0.3 is 0 Å². The minimum atomic E-state index is -0.111. The monoisotopic (exact) mass is 927 g/mol. The second-order valence-electron chi connectivity index (χ2n) is 18.5. The first-order valence-corrected chi connectivity index (χ1v) is 25.2. The fraction of sp³-hybridized carbons (Fsp3) is 0.288. The van der Waals surface area contributed by atoms with Gasteiger partial charge in [-0.05, 0) is 99.0 Å². The number of rotatable bonds is 15. The number of amides is 2. The molecule has 0 aliphatic carbocycles. The van der Waals surface area contributed by atoms with E-state index in [1.807, 2.05) is 97.1 Å². The lowest BCUT2D eigenvalue weighted by Crippen LogP contribution is -2.46. The van der Waals surface area contributed by atoms with Crippen molar-refractivity contribution in [3.05, 3.63) is 157 Å². The van der Waals surface area contributed by atoms with Gasteiger partial charge in [0.25, 0.3) is 11.8 Å². The van der Waals surface area contributed by atoms with E-state index in [1.165, 1.54) is 25.7 Å². The van der Waals surface area contributed by atoms with E-state index < -0.39 is 0 Å². The van der Waals surface area contributed by atoms with Crippen LogP contribution in [0.5, 0.6) is 0 Å². The average Bonchev–Trinajstić information content (AvgIpc) is 3.70. The Morgan fingerprint density at radius 1 is 0.429 bits per heavy atom. The molecule has 2 amide bonds. The maximum Gasteiger partial charge on any atom is 0.251 e. The van der Waals surface area contributed by atoms with Crippen LogP contribution in [0.4, 0.5) is 0 Å². The number of likely N-dealkylation sites (N-methyl/N-ethyl adjacent to an activating group) is 1. The van der Waals surface area contributed by atoms with Gasteiger partial charge in [0.05, 0.1) is 44.8 Å². The summed E-state index contributed by atoms with van der Waals surface area (Å²) in [5, 5.41) is 6.30. The summed E-state index contributed by atoms with van der Waals surface area (Å²) in [5.41, 5.74) is 12.4. The number of piperazine rings is 1. The highest BCUT2D eigenvalue weighted by Gasteiger charge is 2.21. The molecule has 0 unspecified atom stereocenters. The third-order valence-electron chi connectivity index (χ3n) is 13.8. The van der Waals surface area contributed by atoms with E-state index in [-0.39, 0.29) is 11.8 Å². The van der Waals surface area contributed by atoms with Crippen LogP contribution in [0.2, 0.25) is 0 Å². The van der Waals surface area contributed by atoms with Crippen LogP contribution < -0.4 is 10.6 Å². The van der Waals surface area contributed by atoms with Crippen molar-refractivity contribution in [3.8, 4) is 56.2 Å². The van der Waals surface area contributed by atoms with Crippen molar-refractivity contribution < 1.29 is 9.59 Å². The number of carbonyl (C=O) groups is 2. The van der Waals surface area contributed by atoms with Gasteiger partial charge in [-0.3, -0.25) is 9.59 Å². The van der Waals surface area contributed by atoms with Crippen LogP contribution in [-0.4, -0.2) is 118 Å². The minimum Gasteiger partial charge on any atom is -0.352 e. The van der Waals surface area contributed by atoms with Crippen molar-refractivity contribution >= 4 is 33.9 Å². The predicted molar refractivity (Wildman–Crippen MR) is 283 cm³/mol. The van der Waals surface area contributed by atoms with Crippen LogP contribution in [-0.2, 0) is 0 Å². The molecule has 2 aliphatic heterocycles. The lowest BCUT2D eigenvalue weighted by atomic mass is 9.93. The molecule has 11 nitrogen and oxygen atoms in total. The van der Waals surface area contributed by atoms with Gasteiger partial charge in [-0.15, -0.1) is 0 Å². The molecule has 2 aromatic heterocycles. The van der Waals surface area contributed by atoms with Crippen molar-refractivity contribution in [3.63, 3.8) is 0 Å². The van der Waals surface area contributed by atoms with E-state index in [1.54, 1.807) is 0 Å². The van der Waals surface area contributed by atoms with Crippen LogP contribution in [0, 0.1) is 0 Å². The van der Waals surface area contributed by atoms with E-state index in [0.29, 0.717) is 46.3 Å². The number of benzene rings is 6. The molecule has 2 fully saturated rings. The summed E-state index contributed by atoms with van der Waals surface area (Å²) in [6.45, 7) is 12.9. The summed E-state index contributed by atoms with van der Waals surface area (Å²) in [6.07, 6.45) is 5.90. The molecule has 11 heteroatoms. The molecule has 2 N–H and O–H groups in total. The Morgan fingerprint density at radius 3 is 1.54 bits per heavy atom. The second kappa shape index (κ2) is 22.1. The van der Waals surface area contributed by atoms with Gasteiger partial charge in [0.15, 0.2) is 0 Å². The summed E-state index contributed by atoms with van der Waals surface area (Å²) >= 11 is 0. The predicted octanol–water partition coefficient (Wildman–Crippen LogP) is 10.3.